The molecule has 0 aromatic heterocycles. The quantitative estimate of drug-likeness (QED) is 0.0211. The van der Waals surface area contributed by atoms with Gasteiger partial charge in [0.15, 0.2) is 6.10 Å². The molecule has 0 aliphatic heterocycles. The van der Waals surface area contributed by atoms with Gasteiger partial charge in [-0.2, -0.15) is 0 Å². The van der Waals surface area contributed by atoms with Crippen LogP contribution in [0.2, 0.25) is 0 Å². The zero-order chi connectivity index (χ0) is 72.5. The van der Waals surface area contributed by atoms with Crippen molar-refractivity contribution in [2.24, 2.45) is 0 Å². The van der Waals surface area contributed by atoms with Gasteiger partial charge < -0.3 is 18.9 Å². The molecule has 566 valence electrons. The molecular weight excluding hydrogens is 1250 g/mol. The molecular formula is C90H149NO8P+. The highest BCUT2D eigenvalue weighted by Crippen LogP contribution is 2.43. The summed E-state index contributed by atoms with van der Waals surface area (Å²) in [6.07, 6.45) is 121. The molecule has 10 heteroatoms. The van der Waals surface area contributed by atoms with Gasteiger partial charge in [-0.1, -0.05) is 350 Å². The van der Waals surface area contributed by atoms with E-state index in [-0.39, 0.29) is 32.0 Å². The Bertz CT molecular complexity index is 2400. The third kappa shape index (κ3) is 81.8. The predicted molar refractivity (Wildman–Crippen MR) is 435 cm³/mol. The summed E-state index contributed by atoms with van der Waals surface area (Å²) in [6, 6.07) is 0. The van der Waals surface area contributed by atoms with Crippen molar-refractivity contribution in [3.8, 4) is 0 Å². The fourth-order valence-electron chi connectivity index (χ4n) is 10.6. The van der Waals surface area contributed by atoms with Crippen molar-refractivity contribution in [2.45, 2.75) is 315 Å². The van der Waals surface area contributed by atoms with E-state index in [0.717, 1.165) is 154 Å². The summed E-state index contributed by atoms with van der Waals surface area (Å²) in [6.45, 7) is 4.19. The summed E-state index contributed by atoms with van der Waals surface area (Å²) in [4.78, 5) is 36.0. The molecule has 0 saturated carbocycles. The average Bonchev–Trinajstić information content (AvgIpc) is 1.07. The largest absolute Gasteiger partial charge is 0.472 e. The number of quaternary nitrogens is 1. The number of carbonyl (C=O) groups is 2. The first-order valence-electron chi connectivity index (χ1n) is 40.2. The third-order valence-electron chi connectivity index (χ3n) is 16.6. The van der Waals surface area contributed by atoms with Crippen molar-refractivity contribution in [1.29, 1.82) is 0 Å². The topological polar surface area (TPSA) is 108 Å². The van der Waals surface area contributed by atoms with Gasteiger partial charge in [0.05, 0.1) is 27.7 Å². The second-order valence-electron chi connectivity index (χ2n) is 27.3. The highest BCUT2D eigenvalue weighted by atomic mass is 31.2. The zero-order valence-corrected chi connectivity index (χ0v) is 65.5. The molecule has 2 unspecified atom stereocenters. The van der Waals surface area contributed by atoms with Gasteiger partial charge in [0.2, 0.25) is 0 Å². The normalized spacial score (nSPS) is 14.1. The van der Waals surface area contributed by atoms with E-state index < -0.39 is 26.5 Å². The first-order valence-corrected chi connectivity index (χ1v) is 41.7. The van der Waals surface area contributed by atoms with Gasteiger partial charge in [-0.05, 0) is 141 Å². The van der Waals surface area contributed by atoms with E-state index in [0.29, 0.717) is 17.4 Å². The van der Waals surface area contributed by atoms with Crippen LogP contribution in [0.15, 0.2) is 194 Å². The number of phosphoric acid groups is 1. The summed E-state index contributed by atoms with van der Waals surface area (Å²) >= 11 is 0. The monoisotopic (exact) mass is 1400 g/mol. The lowest BCUT2D eigenvalue weighted by atomic mass is 10.0. The number of allylic oxidation sites excluding steroid dienone is 32. The Morgan fingerprint density at radius 2 is 0.540 bits per heavy atom. The van der Waals surface area contributed by atoms with E-state index in [9.17, 15) is 19.0 Å². The Hall–Kier alpha value is -5.15. The van der Waals surface area contributed by atoms with Gasteiger partial charge in [0.25, 0.3) is 0 Å². The molecule has 2 atom stereocenters. The van der Waals surface area contributed by atoms with Crippen molar-refractivity contribution >= 4 is 19.8 Å². The minimum atomic E-state index is -4.41. The van der Waals surface area contributed by atoms with Gasteiger partial charge in [0, 0.05) is 12.8 Å². The lowest BCUT2D eigenvalue weighted by molar-refractivity contribution is -0.870. The molecule has 0 aliphatic rings. The van der Waals surface area contributed by atoms with Crippen LogP contribution in [0.1, 0.15) is 309 Å². The third-order valence-corrected chi connectivity index (χ3v) is 17.6. The van der Waals surface area contributed by atoms with Gasteiger partial charge >= 0.3 is 19.8 Å². The summed E-state index contributed by atoms with van der Waals surface area (Å²) in [5, 5.41) is 0. The van der Waals surface area contributed by atoms with Crippen LogP contribution in [0.4, 0.5) is 0 Å². The van der Waals surface area contributed by atoms with E-state index in [4.69, 9.17) is 18.5 Å². The molecule has 0 amide bonds. The number of likely N-dealkylation sites (N-methyl/N-ethyl adjacent to an activating group) is 1. The van der Waals surface area contributed by atoms with Crippen LogP contribution < -0.4 is 0 Å². The van der Waals surface area contributed by atoms with Crippen LogP contribution in [-0.4, -0.2) is 74.9 Å². The molecule has 0 saturated heterocycles. The molecule has 9 nitrogen and oxygen atoms in total. The number of hydrogen-bond acceptors (Lipinski definition) is 7. The molecule has 100 heavy (non-hydrogen) atoms. The predicted octanol–water partition coefficient (Wildman–Crippen LogP) is 27.2. The summed E-state index contributed by atoms with van der Waals surface area (Å²) in [7, 11) is 1.45. The van der Waals surface area contributed by atoms with Crippen molar-refractivity contribution in [3.63, 3.8) is 0 Å². The zero-order valence-electron chi connectivity index (χ0n) is 64.6. The van der Waals surface area contributed by atoms with E-state index in [2.05, 4.69) is 208 Å². The number of rotatable bonds is 72. The molecule has 0 fully saturated rings. The van der Waals surface area contributed by atoms with Crippen molar-refractivity contribution in [3.05, 3.63) is 194 Å². The number of nitrogens with zero attached hydrogens (tertiary/aromatic N) is 1. The lowest BCUT2D eigenvalue weighted by Gasteiger charge is -2.24. The Kier molecular flexibility index (Phi) is 74.0. The number of unbranched alkanes of at least 4 members (excludes halogenated alkanes) is 26. The minimum Gasteiger partial charge on any atom is -0.462 e. The van der Waals surface area contributed by atoms with Crippen molar-refractivity contribution in [1.82, 2.24) is 0 Å². The number of hydrogen-bond donors (Lipinski definition) is 1. The Balaban J connectivity index is 4.07. The molecule has 0 spiro atoms. The number of esters is 2. The van der Waals surface area contributed by atoms with Gasteiger partial charge in [-0.15, -0.1) is 0 Å². The molecule has 0 heterocycles. The van der Waals surface area contributed by atoms with Crippen LogP contribution in [0.25, 0.3) is 0 Å². The Morgan fingerprint density at radius 1 is 0.310 bits per heavy atom. The highest BCUT2D eigenvalue weighted by Gasteiger charge is 2.27. The van der Waals surface area contributed by atoms with Crippen LogP contribution in [0.5, 0.6) is 0 Å². The second kappa shape index (κ2) is 78.0. The second-order valence-corrected chi connectivity index (χ2v) is 28.8. The standard InChI is InChI=1S/C90H148NO8P/c1-6-8-10-12-14-16-18-20-22-24-26-28-30-32-34-36-38-40-42-44-45-47-49-51-53-55-57-59-61-63-65-67-69-71-73-75-77-79-81-83-90(93)99-88(87-98-100(94,95)97-85-84-91(3,4)5)86-96-89(92)82-80-78-76-74-72-70-68-66-64-62-60-58-56-54-52-50-48-46-43-41-39-37-35-33-31-29-27-25-23-21-19-17-15-13-11-9-7-2/h8-11,14-17,20-23,26-29,32-35,38,40,44-45,49,51,55,57,61,63,67,69,88H,6-7,12-13,18-19,24-25,30-31,36-37,39,41-43,46-48,50,52-54,56,58-60,62,64-66,68,70-87H2,1-5H3/p+1/b10-8-,11-9-,16-14-,17-15-,22-20-,23-21-,28-26-,29-27-,34-32-,35-33-,40-38-,45-44-,51-49-,57-55-,63-61-,69-67-. The van der Waals surface area contributed by atoms with Crippen LogP contribution >= 0.6 is 7.82 Å². The molecule has 0 aromatic carbocycles. The SMILES string of the molecule is CC/C=C\C/C=C\C/C=C\C/C=C\C/C=C\C/C=C\C/C=C\C/C=C\C/C=C\C/C=C\C/C=C\CCCCCCCC(=O)OC(COC(=O)CCCCCCCCCCCCCCCCCCCCCCC/C=C\C/C=C\C/C=C\C/C=C\C/C=C\CC)COP(=O)(O)OCC[N+](C)(C)C. The molecule has 0 rings (SSSR count). The highest BCUT2D eigenvalue weighted by molar-refractivity contribution is 7.47. The molecule has 0 aliphatic carbocycles. The first kappa shape index (κ1) is 94.8. The fraction of sp³-hybridized carbons (Fsp3) is 0.622. The Morgan fingerprint density at radius 3 is 0.800 bits per heavy atom. The summed E-state index contributed by atoms with van der Waals surface area (Å²) in [5.74, 6) is -0.822. The Labute approximate surface area is 615 Å². The van der Waals surface area contributed by atoms with Gasteiger partial charge in [-0.25, -0.2) is 4.57 Å². The number of carbonyl (C=O) groups excluding carboxylic acids is 2. The summed E-state index contributed by atoms with van der Waals surface area (Å²) in [5.41, 5.74) is 0. The summed E-state index contributed by atoms with van der Waals surface area (Å²) < 4.78 is 34.8. The van der Waals surface area contributed by atoms with Crippen LogP contribution in [-0.2, 0) is 32.7 Å². The lowest BCUT2D eigenvalue weighted by Crippen LogP contribution is -2.37. The van der Waals surface area contributed by atoms with Crippen LogP contribution in [0, 0.1) is 0 Å². The van der Waals surface area contributed by atoms with Crippen LogP contribution in [0.3, 0.4) is 0 Å². The maximum atomic E-state index is 12.9. The first-order chi connectivity index (χ1) is 49.0. The molecule has 1 N–H and O–H groups in total. The van der Waals surface area contributed by atoms with Gasteiger partial charge in [0.1, 0.15) is 19.8 Å². The maximum Gasteiger partial charge on any atom is 0.472 e. The smallest absolute Gasteiger partial charge is 0.462 e. The number of phosphoric ester groups is 1. The molecule has 0 radical (unpaired) electrons. The molecule has 0 aromatic rings. The maximum absolute atomic E-state index is 12.9. The van der Waals surface area contributed by atoms with Crippen molar-refractivity contribution < 1.29 is 42.1 Å². The average molecular weight is 1400 g/mol. The van der Waals surface area contributed by atoms with E-state index in [1.165, 1.54) is 122 Å². The molecule has 0 bridgehead atoms. The van der Waals surface area contributed by atoms with E-state index in [1.807, 2.05) is 21.1 Å². The van der Waals surface area contributed by atoms with Crippen molar-refractivity contribution in [2.75, 3.05) is 47.5 Å². The fourth-order valence-corrected chi connectivity index (χ4v) is 11.3. The van der Waals surface area contributed by atoms with E-state index in [1.54, 1.807) is 0 Å². The van der Waals surface area contributed by atoms with Gasteiger partial charge in [-0.3, -0.25) is 18.6 Å². The van der Waals surface area contributed by atoms with E-state index >= 15 is 0 Å². The number of ether oxygens (including phenoxy) is 2. The minimum absolute atomic E-state index is 0.0194.